The first-order valence-electron chi connectivity index (χ1n) is 13.1. The Bertz CT molecular complexity index is 1080. The highest BCUT2D eigenvalue weighted by atomic mass is 28.4. The van der Waals surface area contributed by atoms with E-state index in [4.69, 9.17) is 23.4 Å². The Morgan fingerprint density at radius 2 is 1.74 bits per heavy atom. The molecule has 3 rings (SSSR count). The van der Waals surface area contributed by atoms with Crippen LogP contribution in [0.5, 0.6) is 0 Å². The van der Waals surface area contributed by atoms with Crippen molar-refractivity contribution in [1.82, 2.24) is 0 Å². The number of ether oxygens (including phenoxy) is 4. The number of hydrogen-bond acceptors (Lipinski definition) is 6. The molecule has 1 fully saturated rings. The molecule has 1 saturated heterocycles. The number of hydrogen-bond donors (Lipinski definition) is 0. The normalized spacial score (nSPS) is 20.8. The van der Waals surface area contributed by atoms with Crippen LogP contribution >= 0.6 is 0 Å². The molecule has 0 spiro atoms. The largest absolute Gasteiger partial charge is 0.457 e. The number of benzene rings is 2. The van der Waals surface area contributed by atoms with Gasteiger partial charge in [0.15, 0.2) is 14.6 Å². The summed E-state index contributed by atoms with van der Waals surface area (Å²) < 4.78 is 31.0. The third-order valence-electron chi connectivity index (χ3n) is 7.08. The Balaban J connectivity index is 1.96. The predicted molar refractivity (Wildman–Crippen MR) is 147 cm³/mol. The van der Waals surface area contributed by atoms with E-state index in [2.05, 4.69) is 38.7 Å². The molecule has 0 unspecified atom stereocenters. The molecule has 206 valence electrons. The van der Waals surface area contributed by atoms with E-state index in [1.807, 2.05) is 60.7 Å². The van der Waals surface area contributed by atoms with E-state index in [1.54, 1.807) is 6.92 Å². The van der Waals surface area contributed by atoms with Crippen LogP contribution in [0.4, 0.5) is 0 Å². The van der Waals surface area contributed by atoms with Crippen LogP contribution in [-0.4, -0.2) is 56.3 Å². The molecule has 2 aromatic carbocycles. The summed E-state index contributed by atoms with van der Waals surface area (Å²) in [6.45, 7) is 13.3. The van der Waals surface area contributed by atoms with Crippen LogP contribution in [0.15, 0.2) is 60.7 Å². The SMILES string of the molecule is CCOC(=O)C(C[C@@H](OCc1ccccc1)[C@@H]1O[C@H](c2ccccc2)OC[C@H]1O[Si](C)(C)C(C)(C)C)=[N+]=[N-]. The fourth-order valence-electron chi connectivity index (χ4n) is 3.93. The maximum Gasteiger partial charge on any atom is 0.416 e. The van der Waals surface area contributed by atoms with Gasteiger partial charge in [-0.25, -0.2) is 4.79 Å². The summed E-state index contributed by atoms with van der Waals surface area (Å²) in [4.78, 5) is 15.8. The Hall–Kier alpha value is -2.65. The molecule has 8 nitrogen and oxygen atoms in total. The van der Waals surface area contributed by atoms with E-state index < -0.39 is 38.9 Å². The van der Waals surface area contributed by atoms with E-state index in [9.17, 15) is 10.3 Å². The van der Waals surface area contributed by atoms with Gasteiger partial charge in [0.25, 0.3) is 0 Å². The summed E-state index contributed by atoms with van der Waals surface area (Å²) in [5.41, 5.74) is 11.4. The Kier molecular flexibility index (Phi) is 10.6. The molecule has 0 amide bonds. The zero-order valence-electron chi connectivity index (χ0n) is 23.3. The molecule has 38 heavy (non-hydrogen) atoms. The Morgan fingerprint density at radius 1 is 1.11 bits per heavy atom. The molecular formula is C29H40N2O6Si. The van der Waals surface area contributed by atoms with Crippen LogP contribution in [0.3, 0.4) is 0 Å². The minimum Gasteiger partial charge on any atom is -0.457 e. The number of rotatable bonds is 11. The van der Waals surface area contributed by atoms with Gasteiger partial charge in [-0.1, -0.05) is 81.4 Å². The predicted octanol–water partition coefficient (Wildman–Crippen LogP) is 5.70. The van der Waals surface area contributed by atoms with Crippen molar-refractivity contribution in [2.75, 3.05) is 13.2 Å². The van der Waals surface area contributed by atoms with Gasteiger partial charge in [-0.2, -0.15) is 4.79 Å². The molecule has 0 saturated carbocycles. The lowest BCUT2D eigenvalue weighted by Gasteiger charge is -2.45. The van der Waals surface area contributed by atoms with E-state index in [-0.39, 0.29) is 37.0 Å². The molecule has 9 heteroatoms. The third kappa shape index (κ3) is 7.93. The molecule has 1 heterocycles. The van der Waals surface area contributed by atoms with E-state index in [0.29, 0.717) is 0 Å². The fraction of sp³-hybridized carbons (Fsp3) is 0.517. The van der Waals surface area contributed by atoms with Crippen LogP contribution in [0.1, 0.15) is 51.5 Å². The molecule has 0 bridgehead atoms. The fourth-order valence-corrected chi connectivity index (χ4v) is 5.24. The van der Waals surface area contributed by atoms with E-state index in [1.165, 1.54) is 0 Å². The van der Waals surface area contributed by atoms with Gasteiger partial charge >= 0.3 is 11.7 Å². The second-order valence-corrected chi connectivity index (χ2v) is 15.7. The van der Waals surface area contributed by atoms with Crippen molar-refractivity contribution in [2.24, 2.45) is 0 Å². The summed E-state index contributed by atoms with van der Waals surface area (Å²) in [5, 5.41) is -0.0448. The quantitative estimate of drug-likeness (QED) is 0.119. The third-order valence-corrected chi connectivity index (χ3v) is 11.6. The summed E-state index contributed by atoms with van der Waals surface area (Å²) in [7, 11) is -2.24. The minimum absolute atomic E-state index is 0.0221. The topological polar surface area (TPSA) is 99.6 Å². The van der Waals surface area contributed by atoms with Crippen molar-refractivity contribution in [3.8, 4) is 0 Å². The lowest BCUT2D eigenvalue weighted by Crippen LogP contribution is -2.55. The maximum absolute atomic E-state index is 12.5. The molecule has 4 atom stereocenters. The van der Waals surface area contributed by atoms with E-state index in [0.717, 1.165) is 11.1 Å². The highest BCUT2D eigenvalue weighted by Crippen LogP contribution is 2.40. The highest BCUT2D eigenvalue weighted by Gasteiger charge is 2.47. The van der Waals surface area contributed by atoms with Gasteiger partial charge in [0.1, 0.15) is 6.10 Å². The summed E-state index contributed by atoms with van der Waals surface area (Å²) in [6, 6.07) is 19.4. The second kappa shape index (κ2) is 13.4. The molecule has 1 aliphatic rings. The van der Waals surface area contributed by atoms with Crippen LogP contribution in [0.25, 0.3) is 5.53 Å². The minimum atomic E-state index is -2.24. The van der Waals surface area contributed by atoms with Gasteiger partial charge in [0.2, 0.25) is 0 Å². The summed E-state index contributed by atoms with van der Waals surface area (Å²) >= 11 is 0. The number of carbonyl (C=O) groups excluding carboxylic acids is 1. The van der Waals surface area contributed by atoms with Crippen LogP contribution in [0.2, 0.25) is 18.1 Å². The van der Waals surface area contributed by atoms with Crippen LogP contribution < -0.4 is 0 Å². The molecular weight excluding hydrogens is 500 g/mol. The van der Waals surface area contributed by atoms with E-state index >= 15 is 0 Å². The van der Waals surface area contributed by atoms with Gasteiger partial charge in [-0.15, -0.1) is 0 Å². The maximum atomic E-state index is 12.5. The lowest BCUT2D eigenvalue weighted by molar-refractivity contribution is -0.277. The Labute approximate surface area is 227 Å². The molecule has 2 aromatic rings. The van der Waals surface area contributed by atoms with Crippen molar-refractivity contribution in [2.45, 2.75) is 83.5 Å². The van der Waals surface area contributed by atoms with Gasteiger partial charge in [-0.05, 0) is 30.6 Å². The first-order chi connectivity index (χ1) is 18.1. The molecule has 0 aliphatic carbocycles. The smallest absolute Gasteiger partial charge is 0.416 e. The van der Waals surface area contributed by atoms with Gasteiger partial charge < -0.3 is 28.9 Å². The first kappa shape index (κ1) is 29.9. The zero-order chi connectivity index (χ0) is 27.8. The van der Waals surface area contributed by atoms with Crippen LogP contribution in [-0.2, 0) is 34.8 Å². The highest BCUT2D eigenvalue weighted by molar-refractivity contribution is 6.74. The summed E-state index contributed by atoms with van der Waals surface area (Å²) in [5.74, 6) is -0.697. The number of carbonyl (C=O) groups is 1. The van der Waals surface area contributed by atoms with Crippen molar-refractivity contribution < 1.29 is 33.0 Å². The van der Waals surface area contributed by atoms with Crippen molar-refractivity contribution in [1.29, 1.82) is 0 Å². The van der Waals surface area contributed by atoms with Gasteiger partial charge in [0, 0.05) is 5.56 Å². The molecule has 0 aromatic heterocycles. The average Bonchev–Trinajstić information content (AvgIpc) is 2.89. The number of nitrogens with zero attached hydrogens (tertiary/aromatic N) is 2. The average molecular weight is 541 g/mol. The lowest BCUT2D eigenvalue weighted by atomic mass is 10.0. The van der Waals surface area contributed by atoms with Gasteiger partial charge in [0.05, 0.1) is 38.4 Å². The standard InChI is InChI=1S/C29H40N2O6Si/c1-7-33-27(32)23(31-30)18-24(34-19-21-14-10-8-11-15-21)26-25(37-38(5,6)29(2,3)4)20-35-28(36-26)22-16-12-9-13-17-22/h8-17,24-26,28H,7,18-20H2,1-6H3/t24-,25-,26+,28-/m1/s1. The molecule has 0 radical (unpaired) electrons. The van der Waals surface area contributed by atoms with Crippen LogP contribution in [0, 0.1) is 0 Å². The number of esters is 1. The molecule has 1 aliphatic heterocycles. The first-order valence-corrected chi connectivity index (χ1v) is 16.0. The monoisotopic (exact) mass is 540 g/mol. The van der Waals surface area contributed by atoms with Crippen molar-refractivity contribution in [3.63, 3.8) is 0 Å². The second-order valence-electron chi connectivity index (χ2n) is 10.9. The zero-order valence-corrected chi connectivity index (χ0v) is 24.3. The summed E-state index contributed by atoms with van der Waals surface area (Å²) in [6.07, 6.45) is -2.42. The molecule has 0 N–H and O–H groups in total. The Morgan fingerprint density at radius 3 is 2.32 bits per heavy atom. The van der Waals surface area contributed by atoms with Crippen molar-refractivity contribution in [3.05, 3.63) is 77.3 Å². The van der Waals surface area contributed by atoms with Crippen molar-refractivity contribution >= 4 is 20.0 Å². The van der Waals surface area contributed by atoms with Gasteiger partial charge in [-0.3, -0.25) is 0 Å².